The molecule has 7 nitrogen and oxygen atoms in total. The van der Waals surface area contributed by atoms with Crippen molar-refractivity contribution >= 4 is 35.1 Å². The number of anilines is 1. The monoisotopic (exact) mass is 429 g/mol. The molecule has 2 aromatic carbocycles. The van der Waals surface area contributed by atoms with Gasteiger partial charge in [0, 0.05) is 11.3 Å². The van der Waals surface area contributed by atoms with Gasteiger partial charge in [-0.25, -0.2) is 4.68 Å². The van der Waals surface area contributed by atoms with Gasteiger partial charge in [-0.2, -0.15) is 4.98 Å². The molecule has 1 aromatic heterocycles. The summed E-state index contributed by atoms with van der Waals surface area (Å²) in [5.74, 6) is 1.12. The van der Waals surface area contributed by atoms with Crippen molar-refractivity contribution in [2.75, 3.05) is 12.4 Å². The van der Waals surface area contributed by atoms with E-state index in [0.717, 1.165) is 5.56 Å². The van der Waals surface area contributed by atoms with Crippen LogP contribution in [0.1, 0.15) is 18.5 Å². The van der Waals surface area contributed by atoms with Crippen LogP contribution >= 0.6 is 23.2 Å². The van der Waals surface area contributed by atoms with Crippen molar-refractivity contribution in [3.8, 4) is 17.1 Å². The fraction of sp³-hybridized carbons (Fsp3) is 0.150. The molecule has 2 heterocycles. The number of halogens is 2. The van der Waals surface area contributed by atoms with Crippen molar-refractivity contribution < 1.29 is 9.53 Å². The first-order valence-corrected chi connectivity index (χ1v) is 9.48. The minimum Gasteiger partial charge on any atom is -0.497 e. The number of rotatable bonds is 4. The number of carbonyl (C=O) groups excluding carboxylic acids is 1. The summed E-state index contributed by atoms with van der Waals surface area (Å²) in [6.45, 7) is 1.79. The number of nitrogens with zero attached hydrogens (tertiary/aromatic N) is 3. The molecule has 3 aromatic rings. The Balaban J connectivity index is 1.85. The molecule has 0 radical (unpaired) electrons. The maximum atomic E-state index is 12.2. The summed E-state index contributed by atoms with van der Waals surface area (Å²) < 4.78 is 6.88. The molecule has 1 unspecified atom stereocenters. The third kappa shape index (κ3) is 3.43. The number of hydrogen-bond donors (Lipinski definition) is 2. The zero-order chi connectivity index (χ0) is 20.7. The maximum Gasteiger partial charge on any atom is 0.248 e. The predicted octanol–water partition coefficient (Wildman–Crippen LogP) is 4.03. The number of ether oxygens (including phenoxy) is 1. The lowest BCUT2D eigenvalue weighted by Gasteiger charge is -2.27. The minimum atomic E-state index is -0.534. The topological polar surface area (TPSA) is 95.1 Å². The van der Waals surface area contributed by atoms with Crippen molar-refractivity contribution in [2.45, 2.75) is 13.0 Å². The lowest BCUT2D eigenvalue weighted by molar-refractivity contribution is -0.115. The van der Waals surface area contributed by atoms with E-state index in [2.05, 4.69) is 15.4 Å². The molecule has 148 valence electrons. The zero-order valence-corrected chi connectivity index (χ0v) is 17.1. The molecule has 0 saturated carbocycles. The SMILES string of the molecule is COc1ccc(C2C(C(N)=O)=C(C)Nc3nc(-c4ccc(Cl)c(Cl)c4)nn32)cc1. The number of primary amides is 1. The van der Waals surface area contributed by atoms with Crippen LogP contribution in [0.25, 0.3) is 11.4 Å². The number of nitrogens with two attached hydrogens (primary N) is 1. The zero-order valence-electron chi connectivity index (χ0n) is 15.6. The first kappa shape index (κ1) is 19.3. The van der Waals surface area contributed by atoms with E-state index in [1.54, 1.807) is 36.9 Å². The largest absolute Gasteiger partial charge is 0.497 e. The van der Waals surface area contributed by atoms with Crippen LogP contribution in [0, 0.1) is 0 Å². The third-order valence-electron chi connectivity index (χ3n) is 4.73. The second-order valence-corrected chi connectivity index (χ2v) is 7.35. The van der Waals surface area contributed by atoms with E-state index in [1.165, 1.54) is 0 Å². The minimum absolute atomic E-state index is 0.406. The molecule has 1 aliphatic heterocycles. The van der Waals surface area contributed by atoms with E-state index in [-0.39, 0.29) is 0 Å². The molecule has 4 rings (SSSR count). The highest BCUT2D eigenvalue weighted by Gasteiger charge is 2.33. The number of nitrogens with one attached hydrogen (secondary N) is 1. The second-order valence-electron chi connectivity index (χ2n) is 6.54. The van der Waals surface area contributed by atoms with Crippen LogP contribution in [0.5, 0.6) is 5.75 Å². The Hall–Kier alpha value is -3.03. The summed E-state index contributed by atoms with van der Waals surface area (Å²) in [5, 5.41) is 8.59. The van der Waals surface area contributed by atoms with Crippen molar-refractivity contribution in [1.29, 1.82) is 0 Å². The van der Waals surface area contributed by atoms with Crippen LogP contribution in [-0.4, -0.2) is 27.8 Å². The highest BCUT2D eigenvalue weighted by molar-refractivity contribution is 6.42. The second kappa shape index (κ2) is 7.42. The van der Waals surface area contributed by atoms with E-state index < -0.39 is 11.9 Å². The van der Waals surface area contributed by atoms with Gasteiger partial charge in [0.15, 0.2) is 5.82 Å². The summed E-state index contributed by atoms with van der Waals surface area (Å²) in [5.41, 5.74) is 8.26. The van der Waals surface area contributed by atoms with Gasteiger partial charge in [-0.05, 0) is 42.8 Å². The molecule has 0 spiro atoms. The normalized spacial score (nSPS) is 15.7. The highest BCUT2D eigenvalue weighted by atomic mass is 35.5. The van der Waals surface area contributed by atoms with Crippen LogP contribution in [0.2, 0.25) is 10.0 Å². The fourth-order valence-electron chi connectivity index (χ4n) is 3.32. The molecule has 0 bridgehead atoms. The van der Waals surface area contributed by atoms with Gasteiger partial charge >= 0.3 is 0 Å². The van der Waals surface area contributed by atoms with Crippen LogP contribution in [0.15, 0.2) is 53.7 Å². The lowest BCUT2D eigenvalue weighted by Crippen LogP contribution is -2.31. The van der Waals surface area contributed by atoms with Gasteiger partial charge in [0.05, 0.1) is 22.7 Å². The van der Waals surface area contributed by atoms with E-state index in [9.17, 15) is 4.79 Å². The lowest BCUT2D eigenvalue weighted by atomic mass is 9.95. The van der Waals surface area contributed by atoms with Gasteiger partial charge in [-0.3, -0.25) is 4.79 Å². The molecule has 3 N–H and O–H groups in total. The maximum absolute atomic E-state index is 12.2. The van der Waals surface area contributed by atoms with Crippen LogP contribution in [0.4, 0.5) is 5.95 Å². The fourth-order valence-corrected chi connectivity index (χ4v) is 3.62. The number of methoxy groups -OCH3 is 1. The number of carbonyl (C=O) groups is 1. The summed E-state index contributed by atoms with van der Waals surface area (Å²) in [4.78, 5) is 16.8. The number of aromatic nitrogens is 3. The van der Waals surface area contributed by atoms with Gasteiger partial charge in [-0.15, -0.1) is 5.10 Å². The third-order valence-corrected chi connectivity index (χ3v) is 5.47. The van der Waals surface area contributed by atoms with Gasteiger partial charge in [0.25, 0.3) is 0 Å². The van der Waals surface area contributed by atoms with Crippen molar-refractivity contribution in [1.82, 2.24) is 14.8 Å². The molecule has 9 heteroatoms. The number of fused-ring (bicyclic) bond motifs is 1. The Kier molecular flexibility index (Phi) is 4.94. The standard InChI is InChI=1S/C20H17Cl2N5O2/c1-10-16(18(23)28)17(11-3-6-13(29-2)7-4-11)27-20(24-10)25-19(26-27)12-5-8-14(21)15(22)9-12/h3-9,17H,1-2H3,(H2,23,28)(H,24,25,26). The number of benzene rings is 2. The van der Waals surface area contributed by atoms with E-state index in [1.807, 2.05) is 24.3 Å². The first-order chi connectivity index (χ1) is 13.9. The Morgan fingerprint density at radius 3 is 2.52 bits per heavy atom. The van der Waals surface area contributed by atoms with Crippen molar-refractivity contribution in [2.24, 2.45) is 5.73 Å². The predicted molar refractivity (Wildman–Crippen MR) is 112 cm³/mol. The number of amides is 1. The van der Waals surface area contributed by atoms with Gasteiger partial charge in [0.1, 0.15) is 11.8 Å². The summed E-state index contributed by atoms with van der Waals surface area (Å²) in [6.07, 6.45) is 0. The molecule has 1 aliphatic rings. The van der Waals surface area contributed by atoms with E-state index in [4.69, 9.17) is 33.7 Å². The molecule has 29 heavy (non-hydrogen) atoms. The molecule has 1 atom stereocenters. The average Bonchev–Trinajstić information content (AvgIpc) is 3.12. The van der Waals surface area contributed by atoms with Crippen LogP contribution in [-0.2, 0) is 4.79 Å². The van der Waals surface area contributed by atoms with Crippen molar-refractivity contribution in [3.63, 3.8) is 0 Å². The Labute approximate surface area is 177 Å². The van der Waals surface area contributed by atoms with Gasteiger partial charge in [-0.1, -0.05) is 35.3 Å². The highest BCUT2D eigenvalue weighted by Crippen LogP contribution is 2.37. The van der Waals surface area contributed by atoms with Crippen LogP contribution < -0.4 is 15.8 Å². The number of hydrogen-bond acceptors (Lipinski definition) is 5. The smallest absolute Gasteiger partial charge is 0.248 e. The molecule has 0 saturated heterocycles. The molecular weight excluding hydrogens is 413 g/mol. The Bertz CT molecular complexity index is 1140. The Morgan fingerprint density at radius 1 is 1.17 bits per heavy atom. The van der Waals surface area contributed by atoms with Crippen LogP contribution in [0.3, 0.4) is 0 Å². The summed E-state index contributed by atoms with van der Waals surface area (Å²) in [6, 6.07) is 12.0. The number of allylic oxidation sites excluding steroid dienone is 1. The molecule has 0 fully saturated rings. The Morgan fingerprint density at radius 2 is 1.90 bits per heavy atom. The first-order valence-electron chi connectivity index (χ1n) is 8.72. The van der Waals surface area contributed by atoms with Crippen molar-refractivity contribution in [3.05, 3.63) is 69.3 Å². The van der Waals surface area contributed by atoms with Gasteiger partial charge in [0.2, 0.25) is 11.9 Å². The molecule has 1 amide bonds. The molecular formula is C20H17Cl2N5O2. The van der Waals surface area contributed by atoms with E-state index >= 15 is 0 Å². The average molecular weight is 430 g/mol. The summed E-state index contributed by atoms with van der Waals surface area (Å²) in [7, 11) is 1.59. The summed E-state index contributed by atoms with van der Waals surface area (Å²) >= 11 is 12.2. The van der Waals surface area contributed by atoms with Gasteiger partial charge < -0.3 is 15.8 Å². The molecule has 0 aliphatic carbocycles. The quantitative estimate of drug-likeness (QED) is 0.652. The van der Waals surface area contributed by atoms with E-state index in [0.29, 0.717) is 44.4 Å².